The van der Waals surface area contributed by atoms with Gasteiger partial charge >= 0.3 is 12.2 Å². The normalized spacial score (nSPS) is 17.7. The topological polar surface area (TPSA) is 68.3 Å². The largest absolute Gasteiger partial charge is 0.497 e. The Hall–Kier alpha value is -2.70. The first-order valence-electron chi connectivity index (χ1n) is 11.2. The Labute approximate surface area is 185 Å². The maximum absolute atomic E-state index is 12.7. The number of methoxy groups -OCH3 is 1. The zero-order valence-electron chi connectivity index (χ0n) is 19.3. The lowest BCUT2D eigenvalue weighted by Crippen LogP contribution is -2.74. The van der Waals surface area contributed by atoms with Crippen molar-refractivity contribution < 1.29 is 23.8 Å². The van der Waals surface area contributed by atoms with Gasteiger partial charge in [0.2, 0.25) is 0 Å². The molecule has 7 nitrogen and oxygen atoms in total. The number of benzene rings is 1. The van der Waals surface area contributed by atoms with Crippen molar-refractivity contribution in [1.29, 1.82) is 0 Å². The molecular formula is C24H36N2O5. The smallest absolute Gasteiger partial charge is 0.429 e. The first kappa shape index (κ1) is 24.6. The van der Waals surface area contributed by atoms with E-state index in [0.29, 0.717) is 0 Å². The van der Waals surface area contributed by atoms with Gasteiger partial charge in [0.05, 0.1) is 26.4 Å². The molecule has 1 aromatic rings. The summed E-state index contributed by atoms with van der Waals surface area (Å²) in [5, 5.41) is 2.76. The Morgan fingerprint density at radius 3 is 2.03 bits per heavy atom. The molecule has 1 saturated heterocycles. The predicted octanol–water partition coefficient (Wildman–Crippen LogP) is 5.65. The molecule has 2 amide bonds. The van der Waals surface area contributed by atoms with E-state index in [9.17, 15) is 9.59 Å². The van der Waals surface area contributed by atoms with Crippen molar-refractivity contribution in [3.8, 4) is 5.75 Å². The summed E-state index contributed by atoms with van der Waals surface area (Å²) in [6.07, 6.45) is 5.23. The number of amides is 2. The van der Waals surface area contributed by atoms with Crippen LogP contribution in [0.5, 0.6) is 5.75 Å². The van der Waals surface area contributed by atoms with Crippen molar-refractivity contribution >= 4 is 17.8 Å². The van der Waals surface area contributed by atoms with Crippen LogP contribution in [-0.2, 0) is 9.47 Å². The predicted molar refractivity (Wildman–Crippen MR) is 121 cm³/mol. The number of carbonyl (C=O) groups is 2. The van der Waals surface area contributed by atoms with Gasteiger partial charge in [-0.15, -0.1) is 0 Å². The molecule has 7 heteroatoms. The minimum absolute atomic E-state index is 0.209. The van der Waals surface area contributed by atoms with Crippen molar-refractivity contribution in [2.75, 3.05) is 20.3 Å². The summed E-state index contributed by atoms with van der Waals surface area (Å²) >= 11 is 0. The molecule has 1 aliphatic rings. The monoisotopic (exact) mass is 432 g/mol. The van der Waals surface area contributed by atoms with E-state index in [1.54, 1.807) is 21.0 Å². The van der Waals surface area contributed by atoms with Gasteiger partial charge in [-0.05, 0) is 43.5 Å². The van der Waals surface area contributed by atoms with Crippen molar-refractivity contribution in [2.45, 2.75) is 71.4 Å². The molecule has 0 spiro atoms. The molecule has 0 N–H and O–H groups in total. The Morgan fingerprint density at radius 1 is 0.903 bits per heavy atom. The maximum Gasteiger partial charge on any atom is 0.429 e. The van der Waals surface area contributed by atoms with Crippen molar-refractivity contribution in [3.63, 3.8) is 0 Å². The second kappa shape index (κ2) is 12.2. The van der Waals surface area contributed by atoms with Crippen LogP contribution in [0.2, 0.25) is 0 Å². The van der Waals surface area contributed by atoms with Crippen LogP contribution >= 0.6 is 0 Å². The third-order valence-electron chi connectivity index (χ3n) is 5.51. The molecule has 2 atom stereocenters. The number of unbranched alkanes of at least 4 members (excludes halogenated alkanes) is 4. The molecular weight excluding hydrogens is 396 g/mol. The number of hydrazine groups is 1. The molecule has 0 aromatic heterocycles. The van der Waals surface area contributed by atoms with Crippen LogP contribution in [0.4, 0.5) is 9.59 Å². The fraction of sp³-hybridized carbons (Fsp3) is 0.583. The van der Waals surface area contributed by atoms with E-state index in [2.05, 4.69) is 13.5 Å². The van der Waals surface area contributed by atoms with E-state index in [-0.39, 0.29) is 25.3 Å². The molecule has 172 valence electrons. The number of rotatable bonds is 11. The molecule has 1 heterocycles. The summed E-state index contributed by atoms with van der Waals surface area (Å²) < 4.78 is 15.7. The fourth-order valence-corrected chi connectivity index (χ4v) is 3.92. The minimum Gasteiger partial charge on any atom is -0.497 e. The SMILES string of the molecule is C=C(c1ccc(OC)cc1)[C@H]1[C@H](CCCCCCC)N(C(=O)OCC)N1C(=O)OCC. The molecule has 0 radical (unpaired) electrons. The summed E-state index contributed by atoms with van der Waals surface area (Å²) in [7, 11) is 1.62. The van der Waals surface area contributed by atoms with Crippen molar-refractivity contribution in [3.05, 3.63) is 36.4 Å². The molecule has 31 heavy (non-hydrogen) atoms. The summed E-state index contributed by atoms with van der Waals surface area (Å²) in [4.78, 5) is 25.4. The zero-order chi connectivity index (χ0) is 22.8. The Bertz CT molecular complexity index is 734. The second-order valence-corrected chi connectivity index (χ2v) is 7.56. The molecule has 0 bridgehead atoms. The lowest BCUT2D eigenvalue weighted by atomic mass is 9.86. The zero-order valence-corrected chi connectivity index (χ0v) is 19.3. The summed E-state index contributed by atoms with van der Waals surface area (Å²) in [6, 6.07) is 6.96. The Morgan fingerprint density at radius 2 is 1.48 bits per heavy atom. The number of hydrogen-bond acceptors (Lipinski definition) is 5. The van der Waals surface area contributed by atoms with Crippen LogP contribution in [0.25, 0.3) is 5.57 Å². The van der Waals surface area contributed by atoms with Crippen LogP contribution in [0.3, 0.4) is 0 Å². The highest BCUT2D eigenvalue weighted by Crippen LogP contribution is 2.39. The van der Waals surface area contributed by atoms with Gasteiger partial charge in [0.1, 0.15) is 11.8 Å². The highest BCUT2D eigenvalue weighted by atomic mass is 16.6. The summed E-state index contributed by atoms with van der Waals surface area (Å²) in [6.45, 7) is 10.4. The Balaban J connectivity index is 2.27. The van der Waals surface area contributed by atoms with Gasteiger partial charge in [-0.3, -0.25) is 0 Å². The second-order valence-electron chi connectivity index (χ2n) is 7.56. The third kappa shape index (κ3) is 5.93. The Kier molecular flexibility index (Phi) is 9.69. The van der Waals surface area contributed by atoms with Crippen LogP contribution < -0.4 is 4.74 Å². The first-order chi connectivity index (χ1) is 15.0. The standard InChI is InChI=1S/C24H36N2O5/c1-6-9-10-11-12-13-21-22(18(4)19-14-16-20(29-5)17-15-19)26(24(28)31-8-3)25(21)23(27)30-7-2/h14-17,21-22H,4,6-13H2,1-3,5H3/t21-,22-/m0/s1. The van der Waals surface area contributed by atoms with Gasteiger partial charge in [0, 0.05) is 0 Å². The number of carbonyl (C=O) groups excluding carboxylic acids is 2. The van der Waals surface area contributed by atoms with E-state index in [4.69, 9.17) is 14.2 Å². The van der Waals surface area contributed by atoms with Gasteiger partial charge in [0.25, 0.3) is 0 Å². The quantitative estimate of drug-likeness (QED) is 0.423. The molecule has 2 rings (SSSR count). The molecule has 1 aromatic carbocycles. The van der Waals surface area contributed by atoms with E-state index in [0.717, 1.165) is 42.6 Å². The van der Waals surface area contributed by atoms with Crippen molar-refractivity contribution in [1.82, 2.24) is 10.0 Å². The van der Waals surface area contributed by atoms with Gasteiger partial charge in [-0.2, -0.15) is 0 Å². The van der Waals surface area contributed by atoms with Gasteiger partial charge in [0.15, 0.2) is 0 Å². The van der Waals surface area contributed by atoms with Crippen LogP contribution in [-0.4, -0.2) is 54.6 Å². The number of ether oxygens (including phenoxy) is 3. The molecule has 1 fully saturated rings. The molecule has 0 aliphatic carbocycles. The fourth-order valence-electron chi connectivity index (χ4n) is 3.92. The highest BCUT2D eigenvalue weighted by molar-refractivity contribution is 5.82. The van der Waals surface area contributed by atoms with E-state index >= 15 is 0 Å². The van der Waals surface area contributed by atoms with Crippen LogP contribution in [0.15, 0.2) is 30.8 Å². The summed E-state index contributed by atoms with van der Waals surface area (Å²) in [5.41, 5.74) is 1.65. The van der Waals surface area contributed by atoms with Crippen molar-refractivity contribution in [2.24, 2.45) is 0 Å². The molecule has 0 saturated carbocycles. The first-order valence-corrected chi connectivity index (χ1v) is 11.2. The van der Waals surface area contributed by atoms with Gasteiger partial charge < -0.3 is 14.2 Å². The minimum atomic E-state index is -0.572. The average molecular weight is 433 g/mol. The molecule has 0 unspecified atom stereocenters. The lowest BCUT2D eigenvalue weighted by molar-refractivity contribution is -0.147. The lowest BCUT2D eigenvalue weighted by Gasteiger charge is -2.55. The van der Waals surface area contributed by atoms with E-state index in [1.807, 2.05) is 24.3 Å². The van der Waals surface area contributed by atoms with Crippen LogP contribution in [0.1, 0.15) is 64.9 Å². The third-order valence-corrected chi connectivity index (χ3v) is 5.51. The summed E-state index contributed by atoms with van der Waals surface area (Å²) in [5.74, 6) is 0.744. The van der Waals surface area contributed by atoms with E-state index < -0.39 is 12.2 Å². The number of nitrogens with zero attached hydrogens (tertiary/aromatic N) is 2. The van der Waals surface area contributed by atoms with Gasteiger partial charge in [-0.25, -0.2) is 19.6 Å². The van der Waals surface area contributed by atoms with Gasteiger partial charge in [-0.1, -0.05) is 57.7 Å². The van der Waals surface area contributed by atoms with E-state index in [1.165, 1.54) is 22.9 Å². The highest BCUT2D eigenvalue weighted by Gasteiger charge is 2.54. The number of hydrogen-bond donors (Lipinski definition) is 0. The average Bonchev–Trinajstić information content (AvgIpc) is 2.75. The maximum atomic E-state index is 12.7. The van der Waals surface area contributed by atoms with Crippen LogP contribution in [0, 0.1) is 0 Å². The molecule has 1 aliphatic heterocycles.